The maximum atomic E-state index is 6.15. The molecular weight excluding hydrogens is 288 g/mol. The summed E-state index contributed by atoms with van der Waals surface area (Å²) in [5.41, 5.74) is 0.963. The molecule has 5 heteroatoms. The van der Waals surface area contributed by atoms with Crippen LogP contribution < -0.4 is 14.8 Å². The highest BCUT2D eigenvalue weighted by Gasteiger charge is 2.08. The largest absolute Gasteiger partial charge is 0.493 e. The number of para-hydroxylation sites is 2. The van der Waals surface area contributed by atoms with Crippen LogP contribution in [0.15, 0.2) is 36.5 Å². The average molecular weight is 307 g/mol. The van der Waals surface area contributed by atoms with Crippen molar-refractivity contribution in [1.82, 2.24) is 10.3 Å². The molecule has 2 rings (SSSR count). The Hall–Kier alpha value is -1.78. The molecule has 4 nitrogen and oxygen atoms in total. The third kappa shape index (κ3) is 4.34. The van der Waals surface area contributed by atoms with Crippen molar-refractivity contribution in [2.45, 2.75) is 19.9 Å². The molecule has 0 spiro atoms. The van der Waals surface area contributed by atoms with Gasteiger partial charge in [0.15, 0.2) is 11.5 Å². The minimum atomic E-state index is 0.497. The Labute approximate surface area is 130 Å². The average Bonchev–Trinajstić information content (AvgIpc) is 2.51. The van der Waals surface area contributed by atoms with Crippen molar-refractivity contribution in [3.05, 3.63) is 47.1 Å². The fourth-order valence-electron chi connectivity index (χ4n) is 1.87. The summed E-state index contributed by atoms with van der Waals surface area (Å²) in [5, 5.41) is 3.94. The summed E-state index contributed by atoms with van der Waals surface area (Å²) in [6.07, 6.45) is 2.68. The van der Waals surface area contributed by atoms with Gasteiger partial charge in [0, 0.05) is 18.8 Å². The molecule has 1 aromatic heterocycles. The maximum absolute atomic E-state index is 6.15. The predicted molar refractivity (Wildman–Crippen MR) is 84.3 cm³/mol. The summed E-state index contributed by atoms with van der Waals surface area (Å²) in [6, 6.07) is 9.30. The Morgan fingerprint density at radius 2 is 2.00 bits per heavy atom. The molecule has 0 fully saturated rings. The van der Waals surface area contributed by atoms with E-state index in [1.807, 2.05) is 30.3 Å². The standard InChI is InChI=1S/C16H19ClN2O2/c1-3-8-18-10-12-9-16(19-11-13(12)17)21-15-7-5-4-6-14(15)20-2/h4-7,9,11,18H,3,8,10H2,1-2H3. The molecule has 0 atom stereocenters. The number of methoxy groups -OCH3 is 1. The molecule has 0 aliphatic heterocycles. The number of pyridine rings is 1. The lowest BCUT2D eigenvalue weighted by atomic mass is 10.2. The Morgan fingerprint density at radius 1 is 1.24 bits per heavy atom. The molecule has 0 radical (unpaired) electrons. The first-order chi connectivity index (χ1) is 10.2. The van der Waals surface area contributed by atoms with E-state index in [0.29, 0.717) is 28.9 Å². The van der Waals surface area contributed by atoms with Gasteiger partial charge in [-0.2, -0.15) is 0 Å². The molecule has 0 unspecified atom stereocenters. The van der Waals surface area contributed by atoms with Crippen LogP contribution in [0.2, 0.25) is 5.02 Å². The number of hydrogen-bond acceptors (Lipinski definition) is 4. The quantitative estimate of drug-likeness (QED) is 0.784. The normalized spacial score (nSPS) is 10.4. The zero-order valence-electron chi connectivity index (χ0n) is 12.2. The van der Waals surface area contributed by atoms with Crippen molar-refractivity contribution in [3.8, 4) is 17.4 Å². The van der Waals surface area contributed by atoms with Gasteiger partial charge >= 0.3 is 0 Å². The van der Waals surface area contributed by atoms with E-state index in [1.54, 1.807) is 13.3 Å². The smallest absolute Gasteiger partial charge is 0.219 e. The lowest BCUT2D eigenvalue weighted by Gasteiger charge is -2.11. The monoisotopic (exact) mass is 306 g/mol. The first kappa shape index (κ1) is 15.6. The highest BCUT2D eigenvalue weighted by atomic mass is 35.5. The molecule has 1 heterocycles. The third-order valence-corrected chi connectivity index (χ3v) is 3.28. The molecule has 0 aliphatic rings. The zero-order valence-corrected chi connectivity index (χ0v) is 13.0. The van der Waals surface area contributed by atoms with Gasteiger partial charge in [0.2, 0.25) is 5.88 Å². The van der Waals surface area contributed by atoms with E-state index in [0.717, 1.165) is 18.5 Å². The van der Waals surface area contributed by atoms with E-state index in [2.05, 4.69) is 17.2 Å². The minimum Gasteiger partial charge on any atom is -0.493 e. The van der Waals surface area contributed by atoms with Gasteiger partial charge in [0.05, 0.1) is 12.1 Å². The van der Waals surface area contributed by atoms with Crippen molar-refractivity contribution in [3.63, 3.8) is 0 Å². The number of benzene rings is 1. The molecule has 0 bridgehead atoms. The van der Waals surface area contributed by atoms with Crippen LogP contribution in [0, 0.1) is 0 Å². The van der Waals surface area contributed by atoms with E-state index >= 15 is 0 Å². The van der Waals surface area contributed by atoms with Crippen LogP contribution in [0.4, 0.5) is 0 Å². The van der Waals surface area contributed by atoms with Gasteiger partial charge in [-0.25, -0.2) is 4.98 Å². The number of aromatic nitrogens is 1. The maximum Gasteiger partial charge on any atom is 0.219 e. The van der Waals surface area contributed by atoms with Gasteiger partial charge in [-0.3, -0.25) is 0 Å². The summed E-state index contributed by atoms with van der Waals surface area (Å²) in [5.74, 6) is 1.79. The van der Waals surface area contributed by atoms with Gasteiger partial charge in [-0.1, -0.05) is 30.7 Å². The fraction of sp³-hybridized carbons (Fsp3) is 0.312. The second kappa shape index (κ2) is 7.86. The SMILES string of the molecule is CCCNCc1cc(Oc2ccccc2OC)ncc1Cl. The van der Waals surface area contributed by atoms with Gasteiger partial charge in [0.1, 0.15) is 0 Å². The molecule has 21 heavy (non-hydrogen) atoms. The highest BCUT2D eigenvalue weighted by Crippen LogP contribution is 2.31. The number of nitrogens with zero attached hydrogens (tertiary/aromatic N) is 1. The van der Waals surface area contributed by atoms with Crippen LogP contribution in [-0.2, 0) is 6.54 Å². The summed E-state index contributed by atoms with van der Waals surface area (Å²) >= 11 is 6.15. The number of ether oxygens (including phenoxy) is 2. The first-order valence-electron chi connectivity index (χ1n) is 6.90. The summed E-state index contributed by atoms with van der Waals surface area (Å²) in [6.45, 7) is 3.76. The van der Waals surface area contributed by atoms with E-state index < -0.39 is 0 Å². The first-order valence-corrected chi connectivity index (χ1v) is 7.28. The van der Waals surface area contributed by atoms with Crippen LogP contribution in [0.25, 0.3) is 0 Å². The number of nitrogens with one attached hydrogen (secondary N) is 1. The molecule has 1 aromatic carbocycles. The van der Waals surface area contributed by atoms with Gasteiger partial charge in [-0.05, 0) is 30.7 Å². The van der Waals surface area contributed by atoms with E-state index in [4.69, 9.17) is 21.1 Å². The third-order valence-electron chi connectivity index (χ3n) is 2.94. The van der Waals surface area contributed by atoms with E-state index in [-0.39, 0.29) is 0 Å². The second-order valence-electron chi connectivity index (χ2n) is 4.54. The highest BCUT2D eigenvalue weighted by molar-refractivity contribution is 6.31. The van der Waals surface area contributed by atoms with Gasteiger partial charge < -0.3 is 14.8 Å². The van der Waals surface area contributed by atoms with Crippen molar-refractivity contribution >= 4 is 11.6 Å². The molecule has 0 saturated heterocycles. The molecule has 0 amide bonds. The van der Waals surface area contributed by atoms with Gasteiger partial charge in [-0.15, -0.1) is 0 Å². The van der Waals surface area contributed by atoms with Crippen molar-refractivity contribution < 1.29 is 9.47 Å². The van der Waals surface area contributed by atoms with Crippen LogP contribution in [0.5, 0.6) is 17.4 Å². The molecular formula is C16H19ClN2O2. The lowest BCUT2D eigenvalue weighted by molar-refractivity contribution is 0.374. The van der Waals surface area contributed by atoms with Crippen LogP contribution in [0.3, 0.4) is 0 Å². The molecule has 2 aromatic rings. The van der Waals surface area contributed by atoms with E-state index in [9.17, 15) is 0 Å². The second-order valence-corrected chi connectivity index (χ2v) is 4.95. The summed E-state index contributed by atoms with van der Waals surface area (Å²) in [7, 11) is 1.61. The summed E-state index contributed by atoms with van der Waals surface area (Å²) < 4.78 is 11.0. The molecule has 112 valence electrons. The molecule has 0 saturated carbocycles. The van der Waals surface area contributed by atoms with Crippen molar-refractivity contribution in [2.24, 2.45) is 0 Å². The number of halogens is 1. The Morgan fingerprint density at radius 3 is 2.71 bits per heavy atom. The predicted octanol–water partition coefficient (Wildman–Crippen LogP) is 4.04. The van der Waals surface area contributed by atoms with Gasteiger partial charge in [0.25, 0.3) is 0 Å². The van der Waals surface area contributed by atoms with Crippen molar-refractivity contribution in [1.29, 1.82) is 0 Å². The zero-order chi connectivity index (χ0) is 15.1. The Bertz CT molecular complexity index is 590. The molecule has 0 aliphatic carbocycles. The van der Waals surface area contributed by atoms with E-state index in [1.165, 1.54) is 0 Å². The van der Waals surface area contributed by atoms with Crippen molar-refractivity contribution in [2.75, 3.05) is 13.7 Å². The van der Waals surface area contributed by atoms with Crippen LogP contribution in [0.1, 0.15) is 18.9 Å². The fourth-order valence-corrected chi connectivity index (χ4v) is 2.04. The Balaban J connectivity index is 2.15. The van der Waals surface area contributed by atoms with Crippen LogP contribution in [-0.4, -0.2) is 18.6 Å². The molecule has 1 N–H and O–H groups in total. The Kier molecular flexibility index (Phi) is 5.84. The lowest BCUT2D eigenvalue weighted by Crippen LogP contribution is -2.14. The number of hydrogen-bond donors (Lipinski definition) is 1. The minimum absolute atomic E-state index is 0.497. The van der Waals surface area contributed by atoms with Crippen LogP contribution >= 0.6 is 11.6 Å². The number of rotatable bonds is 7. The summed E-state index contributed by atoms with van der Waals surface area (Å²) in [4.78, 5) is 4.20. The topological polar surface area (TPSA) is 43.4 Å².